The van der Waals surface area contributed by atoms with E-state index in [2.05, 4.69) is 16.0 Å². The number of hydrogen-bond donors (Lipinski definition) is 2. The van der Waals surface area contributed by atoms with Crippen LogP contribution in [0.4, 0.5) is 23.2 Å². The van der Waals surface area contributed by atoms with E-state index in [0.29, 0.717) is 5.56 Å². The highest BCUT2D eigenvalue weighted by atomic mass is 35.5. The molecule has 0 bridgehead atoms. The molecule has 2 N–H and O–H groups in total. The predicted molar refractivity (Wildman–Crippen MR) is 98.8 cm³/mol. The van der Waals surface area contributed by atoms with Gasteiger partial charge in [0.2, 0.25) is 5.78 Å². The van der Waals surface area contributed by atoms with Crippen LogP contribution in [-0.2, 0) is 6.18 Å². The third kappa shape index (κ3) is 4.76. The molecule has 1 aromatic heterocycles. The lowest BCUT2D eigenvalue weighted by Gasteiger charge is -2.14. The maximum Gasteiger partial charge on any atom is 0.417 e. The van der Waals surface area contributed by atoms with Crippen molar-refractivity contribution in [1.29, 1.82) is 5.26 Å². The molecule has 2 aromatic carbocycles. The minimum absolute atomic E-state index is 0.0630. The van der Waals surface area contributed by atoms with E-state index in [1.54, 1.807) is 6.07 Å². The standard InChI is InChI=1S/C19H11ClF4N4O2/c20-14-6-5-12(7-13(14)19(22,23)24)26-27-16(9-25)18(29)15-8-17(30-28-15)10-1-3-11(21)4-2-10/h1-8,16,26-27H. The molecule has 30 heavy (non-hydrogen) atoms. The maximum absolute atomic E-state index is 13.0. The van der Waals surface area contributed by atoms with Crippen molar-refractivity contribution in [2.24, 2.45) is 0 Å². The summed E-state index contributed by atoms with van der Waals surface area (Å²) in [7, 11) is 0. The second kappa shape index (κ2) is 8.52. The highest BCUT2D eigenvalue weighted by Crippen LogP contribution is 2.36. The highest BCUT2D eigenvalue weighted by molar-refractivity contribution is 6.31. The van der Waals surface area contributed by atoms with Gasteiger partial charge in [0.1, 0.15) is 5.82 Å². The summed E-state index contributed by atoms with van der Waals surface area (Å²) in [6.45, 7) is 0. The molecule has 1 heterocycles. The topological polar surface area (TPSA) is 91.0 Å². The van der Waals surface area contributed by atoms with E-state index in [1.807, 2.05) is 0 Å². The number of nitriles is 1. The normalized spacial score (nSPS) is 12.3. The van der Waals surface area contributed by atoms with Gasteiger partial charge in [-0.05, 0) is 42.5 Å². The Morgan fingerprint density at radius 2 is 1.87 bits per heavy atom. The lowest BCUT2D eigenvalue weighted by atomic mass is 10.1. The summed E-state index contributed by atoms with van der Waals surface area (Å²) in [6, 6.07) is 9.71. The van der Waals surface area contributed by atoms with E-state index >= 15 is 0 Å². The first-order valence-electron chi connectivity index (χ1n) is 8.24. The molecule has 0 radical (unpaired) electrons. The average Bonchev–Trinajstić information content (AvgIpc) is 3.19. The van der Waals surface area contributed by atoms with Crippen LogP contribution in [0.1, 0.15) is 16.1 Å². The number of alkyl halides is 3. The van der Waals surface area contributed by atoms with Gasteiger partial charge < -0.3 is 9.95 Å². The van der Waals surface area contributed by atoms with Crippen LogP contribution in [0.15, 0.2) is 53.1 Å². The molecule has 1 unspecified atom stereocenters. The van der Waals surface area contributed by atoms with Gasteiger partial charge >= 0.3 is 6.18 Å². The number of nitrogens with zero attached hydrogens (tertiary/aromatic N) is 2. The third-order valence-corrected chi connectivity index (χ3v) is 4.24. The molecule has 0 fully saturated rings. The quantitative estimate of drug-likeness (QED) is 0.325. The molecule has 0 amide bonds. The SMILES string of the molecule is N#CC(NNc1ccc(Cl)c(C(F)(F)F)c1)C(=O)c1cc(-c2ccc(F)cc2)on1. The molecule has 1 atom stereocenters. The van der Waals surface area contributed by atoms with Crippen LogP contribution in [0, 0.1) is 17.1 Å². The number of carbonyl (C=O) groups excluding carboxylic acids is 1. The number of halogens is 5. The van der Waals surface area contributed by atoms with Crippen molar-refractivity contribution in [1.82, 2.24) is 10.6 Å². The number of rotatable bonds is 6. The first-order chi connectivity index (χ1) is 14.2. The Labute approximate surface area is 172 Å². The van der Waals surface area contributed by atoms with Gasteiger partial charge in [-0.3, -0.25) is 4.79 Å². The summed E-state index contributed by atoms with van der Waals surface area (Å²) in [4.78, 5) is 12.5. The molecule has 0 saturated carbocycles. The minimum Gasteiger partial charge on any atom is -0.356 e. The first kappa shape index (κ1) is 21.3. The number of nitrogens with one attached hydrogen (secondary N) is 2. The van der Waals surface area contributed by atoms with Crippen LogP contribution >= 0.6 is 11.6 Å². The van der Waals surface area contributed by atoms with Gasteiger partial charge in [0.05, 0.1) is 16.7 Å². The smallest absolute Gasteiger partial charge is 0.356 e. The van der Waals surface area contributed by atoms with Crippen molar-refractivity contribution in [2.45, 2.75) is 12.2 Å². The molecule has 11 heteroatoms. The molecule has 0 aliphatic rings. The molecule has 0 aliphatic carbocycles. The van der Waals surface area contributed by atoms with Crippen LogP contribution in [0.25, 0.3) is 11.3 Å². The van der Waals surface area contributed by atoms with Crippen LogP contribution in [0.5, 0.6) is 0 Å². The Morgan fingerprint density at radius 3 is 2.50 bits per heavy atom. The molecule has 0 spiro atoms. The van der Waals surface area contributed by atoms with Crippen LogP contribution in [0.2, 0.25) is 5.02 Å². The third-order valence-electron chi connectivity index (χ3n) is 3.92. The Hall–Kier alpha value is -3.42. The van der Waals surface area contributed by atoms with Crippen LogP contribution in [-0.4, -0.2) is 17.0 Å². The number of benzene rings is 2. The van der Waals surface area contributed by atoms with E-state index in [1.165, 1.54) is 36.4 Å². The van der Waals surface area contributed by atoms with Gasteiger partial charge in [0.25, 0.3) is 0 Å². The lowest BCUT2D eigenvalue weighted by Crippen LogP contribution is -2.39. The van der Waals surface area contributed by atoms with Crippen molar-refractivity contribution in [3.05, 3.63) is 70.6 Å². The first-order valence-corrected chi connectivity index (χ1v) is 8.61. The van der Waals surface area contributed by atoms with Crippen molar-refractivity contribution in [3.8, 4) is 17.4 Å². The summed E-state index contributed by atoms with van der Waals surface area (Å²) in [5, 5.41) is 12.3. The van der Waals surface area contributed by atoms with Crippen LogP contribution < -0.4 is 10.9 Å². The molecule has 6 nitrogen and oxygen atoms in total. The number of hydrazine groups is 1. The Bertz CT molecular complexity index is 1110. The summed E-state index contributed by atoms with van der Waals surface area (Å²) < 4.78 is 56.8. The Morgan fingerprint density at radius 1 is 1.17 bits per heavy atom. The number of carbonyl (C=O) groups is 1. The molecule has 154 valence electrons. The largest absolute Gasteiger partial charge is 0.417 e. The molecule has 0 aliphatic heterocycles. The Kier molecular flexibility index (Phi) is 6.05. The summed E-state index contributed by atoms with van der Waals surface area (Å²) in [5.41, 5.74) is 3.85. The number of aromatic nitrogens is 1. The second-order valence-corrected chi connectivity index (χ2v) is 6.38. The molecule has 0 saturated heterocycles. The summed E-state index contributed by atoms with van der Waals surface area (Å²) in [5.74, 6) is -1.06. The molecular formula is C19H11ClF4N4O2. The van der Waals surface area contributed by atoms with E-state index in [9.17, 15) is 27.6 Å². The van der Waals surface area contributed by atoms with Gasteiger partial charge in [-0.15, -0.1) is 0 Å². The Balaban J connectivity index is 1.72. The number of Topliss-reactive ketones (excluding diaryl/α,β-unsaturated/α-hetero) is 1. The zero-order valence-electron chi connectivity index (χ0n) is 14.8. The summed E-state index contributed by atoms with van der Waals surface area (Å²) >= 11 is 5.55. The zero-order valence-corrected chi connectivity index (χ0v) is 15.6. The molecule has 3 rings (SSSR count). The van der Waals surface area contributed by atoms with Crippen LogP contribution in [0.3, 0.4) is 0 Å². The molecule has 3 aromatic rings. The second-order valence-electron chi connectivity index (χ2n) is 5.97. The summed E-state index contributed by atoms with van der Waals surface area (Å²) in [6.07, 6.45) is -4.67. The van der Waals surface area contributed by atoms with Gasteiger partial charge in [0.15, 0.2) is 17.5 Å². The van der Waals surface area contributed by atoms with Crippen molar-refractivity contribution in [3.63, 3.8) is 0 Å². The van der Waals surface area contributed by atoms with Gasteiger partial charge in [-0.25, -0.2) is 9.82 Å². The van der Waals surface area contributed by atoms with Gasteiger partial charge in [-0.2, -0.15) is 18.4 Å². The number of ketones is 1. The van der Waals surface area contributed by atoms with Gasteiger partial charge in [-0.1, -0.05) is 16.8 Å². The van der Waals surface area contributed by atoms with Crippen molar-refractivity contribution < 1.29 is 26.9 Å². The van der Waals surface area contributed by atoms with Crippen molar-refractivity contribution >= 4 is 23.1 Å². The fourth-order valence-corrected chi connectivity index (χ4v) is 2.65. The minimum atomic E-state index is -4.67. The lowest BCUT2D eigenvalue weighted by molar-refractivity contribution is -0.137. The fraction of sp³-hybridized carbons (Fsp3) is 0.105. The van der Waals surface area contributed by atoms with Gasteiger partial charge in [0, 0.05) is 17.3 Å². The maximum atomic E-state index is 13.0. The number of anilines is 1. The highest BCUT2D eigenvalue weighted by Gasteiger charge is 2.33. The average molecular weight is 439 g/mol. The van der Waals surface area contributed by atoms with E-state index < -0.39 is 34.4 Å². The van der Waals surface area contributed by atoms with E-state index in [4.69, 9.17) is 16.1 Å². The van der Waals surface area contributed by atoms with E-state index in [-0.39, 0.29) is 17.1 Å². The van der Waals surface area contributed by atoms with E-state index in [0.717, 1.165) is 12.1 Å². The van der Waals surface area contributed by atoms with Crippen molar-refractivity contribution in [2.75, 3.05) is 5.43 Å². The fourth-order valence-electron chi connectivity index (χ4n) is 2.42. The molecular weight excluding hydrogens is 428 g/mol. The number of hydrogen-bond acceptors (Lipinski definition) is 6. The monoisotopic (exact) mass is 438 g/mol. The zero-order chi connectivity index (χ0) is 21.9. The predicted octanol–water partition coefficient (Wildman–Crippen LogP) is 4.84.